The number of aliphatic hydroxyl groups is 1. The number of aliphatic carboxylic acids is 2. The highest BCUT2D eigenvalue weighted by Crippen LogP contribution is 2.40. The molecule has 0 spiro atoms. The number of fused-ring (bicyclic) bond motifs is 1. The molecule has 2 unspecified atom stereocenters. The SMILES string of the molecule is COc1ccccc1C(O)CNC(C)Cc1ccc2c(c1)OC(C(=O)O)(C(=O)O)O2. The average molecular weight is 417 g/mol. The predicted molar refractivity (Wildman–Crippen MR) is 105 cm³/mol. The minimum atomic E-state index is -2.77. The Morgan fingerprint density at radius 1 is 1.10 bits per heavy atom. The Bertz CT molecular complexity index is 930. The van der Waals surface area contributed by atoms with Gasteiger partial charge in [0.05, 0.1) is 13.2 Å². The lowest BCUT2D eigenvalue weighted by atomic mass is 10.0. The van der Waals surface area contributed by atoms with Crippen molar-refractivity contribution < 1.29 is 39.1 Å². The first-order valence-corrected chi connectivity index (χ1v) is 9.29. The number of hydrogen-bond acceptors (Lipinski definition) is 7. The number of aliphatic hydroxyl groups excluding tert-OH is 1. The van der Waals surface area contributed by atoms with E-state index in [9.17, 15) is 24.9 Å². The molecule has 0 aliphatic carbocycles. The van der Waals surface area contributed by atoms with Gasteiger partial charge in [0.25, 0.3) is 0 Å². The Kier molecular flexibility index (Phi) is 6.14. The summed E-state index contributed by atoms with van der Waals surface area (Å²) in [6.07, 6.45) is -0.227. The van der Waals surface area contributed by atoms with Crippen molar-refractivity contribution in [1.29, 1.82) is 0 Å². The molecular weight excluding hydrogens is 394 g/mol. The second-order valence-corrected chi connectivity index (χ2v) is 6.98. The van der Waals surface area contributed by atoms with E-state index >= 15 is 0 Å². The molecule has 30 heavy (non-hydrogen) atoms. The number of carboxylic acid groups (broad SMARTS) is 2. The molecule has 0 saturated heterocycles. The smallest absolute Gasteiger partial charge is 0.453 e. The van der Waals surface area contributed by atoms with Crippen LogP contribution in [-0.2, 0) is 16.0 Å². The lowest BCUT2D eigenvalue weighted by Crippen LogP contribution is -2.54. The lowest BCUT2D eigenvalue weighted by molar-refractivity contribution is -0.194. The molecule has 1 aliphatic rings. The summed E-state index contributed by atoms with van der Waals surface area (Å²) in [5.74, 6) is -5.55. The molecule has 0 aromatic heterocycles. The van der Waals surface area contributed by atoms with Crippen molar-refractivity contribution in [3.63, 3.8) is 0 Å². The van der Waals surface area contributed by atoms with E-state index in [-0.39, 0.29) is 17.5 Å². The second kappa shape index (κ2) is 8.60. The summed E-state index contributed by atoms with van der Waals surface area (Å²) in [6, 6.07) is 11.9. The van der Waals surface area contributed by atoms with Gasteiger partial charge in [-0.2, -0.15) is 0 Å². The number of hydrogen-bond donors (Lipinski definition) is 4. The fourth-order valence-corrected chi connectivity index (χ4v) is 3.23. The molecule has 2 aromatic carbocycles. The standard InChI is InChI=1S/C21H23NO8/c1-12(22-11-15(23)14-5-3-4-6-16(14)28-2)9-13-7-8-17-18(10-13)30-21(29-17,19(24)25)20(26)27/h3-8,10,12,15,22-23H,9,11H2,1-2H3,(H,24,25)(H,26,27). The third-order valence-electron chi connectivity index (χ3n) is 4.78. The van der Waals surface area contributed by atoms with Gasteiger partial charge in [-0.3, -0.25) is 0 Å². The van der Waals surface area contributed by atoms with Gasteiger partial charge in [0.1, 0.15) is 5.75 Å². The second-order valence-electron chi connectivity index (χ2n) is 6.98. The summed E-state index contributed by atoms with van der Waals surface area (Å²) >= 11 is 0. The lowest BCUT2D eigenvalue weighted by Gasteiger charge is -2.19. The first-order valence-electron chi connectivity index (χ1n) is 9.29. The summed E-state index contributed by atoms with van der Waals surface area (Å²) < 4.78 is 15.4. The molecule has 0 amide bonds. The molecule has 0 radical (unpaired) electrons. The zero-order valence-electron chi connectivity index (χ0n) is 16.5. The van der Waals surface area contributed by atoms with Crippen molar-refractivity contribution in [3.8, 4) is 17.2 Å². The molecule has 1 heterocycles. The molecule has 4 N–H and O–H groups in total. The number of para-hydroxylation sites is 1. The van der Waals surface area contributed by atoms with E-state index in [1.165, 1.54) is 6.07 Å². The third kappa shape index (κ3) is 4.17. The van der Waals surface area contributed by atoms with Crippen LogP contribution in [0.5, 0.6) is 17.2 Å². The maximum absolute atomic E-state index is 11.3. The van der Waals surface area contributed by atoms with Gasteiger partial charge in [0, 0.05) is 18.2 Å². The minimum Gasteiger partial charge on any atom is -0.496 e. The van der Waals surface area contributed by atoms with Gasteiger partial charge < -0.3 is 34.8 Å². The molecule has 1 aliphatic heterocycles. The zero-order chi connectivity index (χ0) is 21.9. The van der Waals surface area contributed by atoms with Gasteiger partial charge in [-0.1, -0.05) is 24.3 Å². The van der Waals surface area contributed by atoms with Crippen molar-refractivity contribution in [2.24, 2.45) is 0 Å². The molecule has 160 valence electrons. The molecule has 0 fully saturated rings. The number of nitrogens with one attached hydrogen (secondary N) is 1. The molecule has 9 nitrogen and oxygen atoms in total. The monoisotopic (exact) mass is 417 g/mol. The normalized spacial score (nSPS) is 16.0. The van der Waals surface area contributed by atoms with Crippen LogP contribution in [0.2, 0.25) is 0 Å². The number of carboxylic acids is 2. The van der Waals surface area contributed by atoms with E-state index in [0.29, 0.717) is 24.3 Å². The molecule has 2 aromatic rings. The van der Waals surface area contributed by atoms with Gasteiger partial charge in [0.15, 0.2) is 11.5 Å². The van der Waals surface area contributed by atoms with Crippen LogP contribution < -0.4 is 19.5 Å². The number of ether oxygens (including phenoxy) is 3. The van der Waals surface area contributed by atoms with Crippen LogP contribution in [0.25, 0.3) is 0 Å². The van der Waals surface area contributed by atoms with Crippen LogP contribution in [0, 0.1) is 0 Å². The van der Waals surface area contributed by atoms with Gasteiger partial charge in [-0.05, 0) is 37.1 Å². The highest BCUT2D eigenvalue weighted by molar-refractivity contribution is 6.01. The van der Waals surface area contributed by atoms with Crippen molar-refractivity contribution in [2.75, 3.05) is 13.7 Å². The fraction of sp³-hybridized carbons (Fsp3) is 0.333. The van der Waals surface area contributed by atoms with Crippen molar-refractivity contribution in [3.05, 3.63) is 53.6 Å². The maximum Gasteiger partial charge on any atom is 0.453 e. The van der Waals surface area contributed by atoms with E-state index in [1.54, 1.807) is 31.4 Å². The van der Waals surface area contributed by atoms with E-state index in [4.69, 9.17) is 14.2 Å². The van der Waals surface area contributed by atoms with Gasteiger partial charge in [-0.15, -0.1) is 0 Å². The number of methoxy groups -OCH3 is 1. The summed E-state index contributed by atoms with van der Waals surface area (Å²) in [4.78, 5) is 22.7. The molecule has 0 bridgehead atoms. The van der Waals surface area contributed by atoms with Gasteiger partial charge in [0.2, 0.25) is 0 Å². The molecular formula is C21H23NO8. The van der Waals surface area contributed by atoms with Crippen LogP contribution in [-0.4, -0.2) is 52.7 Å². The minimum absolute atomic E-state index is 0.0431. The van der Waals surface area contributed by atoms with Crippen LogP contribution >= 0.6 is 0 Å². The van der Waals surface area contributed by atoms with Crippen LogP contribution in [0.1, 0.15) is 24.2 Å². The van der Waals surface area contributed by atoms with Crippen LogP contribution in [0.15, 0.2) is 42.5 Å². The third-order valence-corrected chi connectivity index (χ3v) is 4.78. The molecule has 2 atom stereocenters. The maximum atomic E-state index is 11.3. The van der Waals surface area contributed by atoms with Crippen LogP contribution in [0.3, 0.4) is 0 Å². The summed E-state index contributed by atoms with van der Waals surface area (Å²) in [5, 5.41) is 32.1. The molecule has 9 heteroatoms. The number of rotatable bonds is 9. The first kappa shape index (κ1) is 21.4. The average Bonchev–Trinajstić information content (AvgIpc) is 3.12. The largest absolute Gasteiger partial charge is 0.496 e. The van der Waals surface area contributed by atoms with Crippen molar-refractivity contribution in [1.82, 2.24) is 5.32 Å². The van der Waals surface area contributed by atoms with Gasteiger partial charge in [-0.25, -0.2) is 9.59 Å². The molecule has 0 saturated carbocycles. The van der Waals surface area contributed by atoms with Crippen molar-refractivity contribution in [2.45, 2.75) is 31.3 Å². The summed E-state index contributed by atoms with van der Waals surface area (Å²) in [6.45, 7) is 2.23. The van der Waals surface area contributed by atoms with E-state index in [2.05, 4.69) is 5.32 Å². The highest BCUT2D eigenvalue weighted by atomic mass is 16.8. The van der Waals surface area contributed by atoms with E-state index in [0.717, 1.165) is 5.56 Å². The Balaban J connectivity index is 1.62. The Labute approximate surface area is 172 Å². The number of benzene rings is 2. The van der Waals surface area contributed by atoms with E-state index in [1.807, 2.05) is 19.1 Å². The first-order chi connectivity index (χ1) is 14.3. The van der Waals surface area contributed by atoms with Crippen molar-refractivity contribution >= 4 is 11.9 Å². The summed E-state index contributed by atoms with van der Waals surface area (Å²) in [7, 11) is 1.55. The van der Waals surface area contributed by atoms with Crippen LogP contribution in [0.4, 0.5) is 0 Å². The Hall–Kier alpha value is -3.30. The topological polar surface area (TPSA) is 135 Å². The highest BCUT2D eigenvalue weighted by Gasteiger charge is 2.57. The fourth-order valence-electron chi connectivity index (χ4n) is 3.23. The predicted octanol–water partition coefficient (Wildman–Crippen LogP) is 1.59. The summed E-state index contributed by atoms with van der Waals surface area (Å²) in [5.41, 5.74) is 1.47. The zero-order valence-corrected chi connectivity index (χ0v) is 16.5. The Morgan fingerprint density at radius 2 is 1.77 bits per heavy atom. The van der Waals surface area contributed by atoms with E-state index < -0.39 is 23.8 Å². The number of carbonyl (C=O) groups is 2. The Morgan fingerprint density at radius 3 is 2.43 bits per heavy atom. The molecule has 3 rings (SSSR count). The quantitative estimate of drug-likeness (QED) is 0.449. The van der Waals surface area contributed by atoms with Gasteiger partial charge >= 0.3 is 17.7 Å².